The summed E-state index contributed by atoms with van der Waals surface area (Å²) in [5, 5.41) is 1.86. The molecule has 0 amide bonds. The van der Waals surface area contributed by atoms with Crippen molar-refractivity contribution in [2.45, 2.75) is 0 Å². The number of H-pyrrole nitrogens is 1. The third-order valence-electron chi connectivity index (χ3n) is 2.29. The van der Waals surface area contributed by atoms with Crippen molar-refractivity contribution in [1.29, 1.82) is 0 Å². The first-order chi connectivity index (χ1) is 6.86. The minimum absolute atomic E-state index is 0.0937. The van der Waals surface area contributed by atoms with Crippen LogP contribution in [0, 0.1) is 0 Å². The van der Waals surface area contributed by atoms with Crippen molar-refractivity contribution in [1.82, 2.24) is 4.98 Å². The van der Waals surface area contributed by atoms with Crippen molar-refractivity contribution in [3.05, 3.63) is 46.8 Å². The van der Waals surface area contributed by atoms with Crippen LogP contribution in [0.3, 0.4) is 0 Å². The van der Waals surface area contributed by atoms with Gasteiger partial charge in [-0.3, -0.25) is 4.79 Å². The van der Waals surface area contributed by atoms with Crippen LogP contribution < -0.4 is 5.43 Å². The number of benzene rings is 1. The summed E-state index contributed by atoms with van der Waals surface area (Å²) in [5.41, 5.74) is 0.0937. The van der Waals surface area contributed by atoms with Crippen molar-refractivity contribution in [2.75, 3.05) is 0 Å². The SMILES string of the molecule is O=c1cc[nH]c2sc3ccccc3c12. The normalized spacial score (nSPS) is 11.1. The van der Waals surface area contributed by atoms with E-state index in [2.05, 4.69) is 4.98 Å². The van der Waals surface area contributed by atoms with E-state index in [0.717, 1.165) is 20.3 Å². The molecule has 0 aliphatic heterocycles. The largest absolute Gasteiger partial charge is 0.353 e. The van der Waals surface area contributed by atoms with E-state index in [1.807, 2.05) is 24.3 Å². The average Bonchev–Trinajstić information content (AvgIpc) is 2.57. The molecule has 0 fully saturated rings. The summed E-state index contributed by atoms with van der Waals surface area (Å²) in [6, 6.07) is 9.54. The van der Waals surface area contributed by atoms with Gasteiger partial charge in [-0.2, -0.15) is 0 Å². The predicted molar refractivity (Wildman–Crippen MR) is 60.0 cm³/mol. The Kier molecular flexibility index (Phi) is 1.49. The molecule has 0 radical (unpaired) electrons. The van der Waals surface area contributed by atoms with E-state index in [4.69, 9.17) is 0 Å². The summed E-state index contributed by atoms with van der Waals surface area (Å²) < 4.78 is 1.15. The Bertz CT molecular complexity index is 665. The molecule has 0 spiro atoms. The summed E-state index contributed by atoms with van der Waals surface area (Å²) >= 11 is 1.62. The molecule has 3 rings (SSSR count). The summed E-state index contributed by atoms with van der Waals surface area (Å²) in [6.07, 6.45) is 1.69. The molecule has 0 aliphatic rings. The van der Waals surface area contributed by atoms with Gasteiger partial charge < -0.3 is 4.98 Å². The molecular formula is C11H7NOS. The number of hydrogen-bond donors (Lipinski definition) is 1. The summed E-state index contributed by atoms with van der Waals surface area (Å²) in [7, 11) is 0. The Balaban J connectivity index is 2.73. The smallest absolute Gasteiger partial charge is 0.190 e. The number of hydrogen-bond acceptors (Lipinski definition) is 2. The standard InChI is InChI=1S/C11H7NOS/c13-8-5-6-12-11-10(8)7-3-1-2-4-9(7)14-11/h1-6H,(H,12,13). The second kappa shape index (κ2) is 2.69. The third kappa shape index (κ3) is 0.930. The van der Waals surface area contributed by atoms with Crippen LogP contribution in [-0.4, -0.2) is 4.98 Å². The highest BCUT2D eigenvalue weighted by atomic mass is 32.1. The van der Waals surface area contributed by atoms with Crippen LogP contribution in [0.2, 0.25) is 0 Å². The minimum Gasteiger partial charge on any atom is -0.353 e. The van der Waals surface area contributed by atoms with Gasteiger partial charge in [0.15, 0.2) is 5.43 Å². The van der Waals surface area contributed by atoms with Crippen LogP contribution in [0.25, 0.3) is 20.3 Å². The lowest BCUT2D eigenvalue weighted by Crippen LogP contribution is -1.97. The molecule has 2 heterocycles. The Morgan fingerprint density at radius 2 is 2.00 bits per heavy atom. The second-order valence-corrected chi connectivity index (χ2v) is 4.20. The van der Waals surface area contributed by atoms with Gasteiger partial charge >= 0.3 is 0 Å². The summed E-state index contributed by atoms with van der Waals surface area (Å²) in [4.78, 5) is 15.7. The van der Waals surface area contributed by atoms with Gasteiger partial charge in [0.25, 0.3) is 0 Å². The van der Waals surface area contributed by atoms with E-state index >= 15 is 0 Å². The van der Waals surface area contributed by atoms with Gasteiger partial charge in [-0.05, 0) is 6.07 Å². The van der Waals surface area contributed by atoms with Gasteiger partial charge in [0, 0.05) is 22.3 Å². The number of aromatic nitrogens is 1. The van der Waals surface area contributed by atoms with E-state index in [-0.39, 0.29) is 5.43 Å². The Labute approximate surface area is 83.8 Å². The number of nitrogens with one attached hydrogen (secondary N) is 1. The van der Waals surface area contributed by atoms with Crippen molar-refractivity contribution < 1.29 is 0 Å². The first kappa shape index (κ1) is 7.76. The van der Waals surface area contributed by atoms with Gasteiger partial charge in [0.1, 0.15) is 4.83 Å². The zero-order valence-corrected chi connectivity index (χ0v) is 8.10. The van der Waals surface area contributed by atoms with Crippen LogP contribution in [0.4, 0.5) is 0 Å². The van der Waals surface area contributed by atoms with Crippen LogP contribution >= 0.6 is 11.3 Å². The molecule has 2 nitrogen and oxygen atoms in total. The zero-order valence-electron chi connectivity index (χ0n) is 7.28. The van der Waals surface area contributed by atoms with E-state index in [0.29, 0.717) is 0 Å². The van der Waals surface area contributed by atoms with E-state index in [9.17, 15) is 4.79 Å². The average molecular weight is 201 g/mol. The number of thiophene rings is 1. The van der Waals surface area contributed by atoms with Crippen LogP contribution in [0.5, 0.6) is 0 Å². The van der Waals surface area contributed by atoms with E-state index in [1.165, 1.54) is 0 Å². The molecule has 1 N–H and O–H groups in total. The molecule has 0 saturated heterocycles. The van der Waals surface area contributed by atoms with Crippen LogP contribution in [0.15, 0.2) is 41.3 Å². The fourth-order valence-electron chi connectivity index (χ4n) is 1.67. The quantitative estimate of drug-likeness (QED) is 0.596. The van der Waals surface area contributed by atoms with Gasteiger partial charge in [0.2, 0.25) is 0 Å². The molecule has 2 aromatic heterocycles. The van der Waals surface area contributed by atoms with Crippen molar-refractivity contribution in [3.8, 4) is 0 Å². The molecule has 3 heteroatoms. The number of pyridine rings is 1. The molecule has 0 aliphatic carbocycles. The maximum atomic E-state index is 11.6. The molecule has 3 aromatic rings. The maximum Gasteiger partial charge on any atom is 0.190 e. The lowest BCUT2D eigenvalue weighted by Gasteiger charge is -1.88. The number of fused-ring (bicyclic) bond motifs is 3. The summed E-state index contributed by atoms with van der Waals surface area (Å²) in [6.45, 7) is 0. The third-order valence-corrected chi connectivity index (χ3v) is 3.39. The van der Waals surface area contributed by atoms with Crippen molar-refractivity contribution >= 4 is 31.6 Å². The highest BCUT2D eigenvalue weighted by molar-refractivity contribution is 7.25. The Morgan fingerprint density at radius 3 is 2.93 bits per heavy atom. The fourth-order valence-corrected chi connectivity index (χ4v) is 2.75. The first-order valence-corrected chi connectivity index (χ1v) is 5.17. The molecule has 0 unspecified atom stereocenters. The van der Waals surface area contributed by atoms with Crippen LogP contribution in [-0.2, 0) is 0 Å². The molecule has 0 atom stereocenters. The van der Waals surface area contributed by atoms with Crippen molar-refractivity contribution in [2.24, 2.45) is 0 Å². The minimum atomic E-state index is 0.0937. The lowest BCUT2D eigenvalue weighted by molar-refractivity contribution is 1.43. The van der Waals surface area contributed by atoms with E-state index in [1.54, 1.807) is 23.6 Å². The van der Waals surface area contributed by atoms with Crippen molar-refractivity contribution in [3.63, 3.8) is 0 Å². The van der Waals surface area contributed by atoms with E-state index < -0.39 is 0 Å². The Hall–Kier alpha value is -1.61. The molecule has 0 bridgehead atoms. The number of aromatic amines is 1. The van der Waals surface area contributed by atoms with Gasteiger partial charge in [-0.15, -0.1) is 11.3 Å². The molecule has 68 valence electrons. The molecular weight excluding hydrogens is 194 g/mol. The van der Waals surface area contributed by atoms with Gasteiger partial charge in [0.05, 0.1) is 5.39 Å². The lowest BCUT2D eigenvalue weighted by atomic mass is 10.2. The highest BCUT2D eigenvalue weighted by Crippen LogP contribution is 2.29. The second-order valence-electron chi connectivity index (χ2n) is 3.14. The highest BCUT2D eigenvalue weighted by Gasteiger charge is 2.06. The fraction of sp³-hybridized carbons (Fsp3) is 0. The Morgan fingerprint density at radius 1 is 1.14 bits per heavy atom. The van der Waals surface area contributed by atoms with Gasteiger partial charge in [-0.25, -0.2) is 0 Å². The van der Waals surface area contributed by atoms with Crippen LogP contribution in [0.1, 0.15) is 0 Å². The monoisotopic (exact) mass is 201 g/mol. The summed E-state index contributed by atoms with van der Waals surface area (Å²) in [5.74, 6) is 0. The zero-order chi connectivity index (χ0) is 9.54. The number of rotatable bonds is 0. The topological polar surface area (TPSA) is 32.9 Å². The molecule has 14 heavy (non-hydrogen) atoms. The molecule has 1 aromatic carbocycles. The predicted octanol–water partition coefficient (Wildman–Crippen LogP) is 2.74. The molecule has 0 saturated carbocycles. The van der Waals surface area contributed by atoms with Gasteiger partial charge in [-0.1, -0.05) is 18.2 Å². The maximum absolute atomic E-state index is 11.6. The first-order valence-electron chi connectivity index (χ1n) is 4.35.